The number of piperidine rings is 1. The summed E-state index contributed by atoms with van der Waals surface area (Å²) in [5, 5.41) is 1.53. The van der Waals surface area contributed by atoms with Gasteiger partial charge in [0, 0.05) is 23.1 Å². The molecule has 2 amide bonds. The van der Waals surface area contributed by atoms with Crippen molar-refractivity contribution < 1.29 is 18.0 Å². The van der Waals surface area contributed by atoms with Gasteiger partial charge in [-0.05, 0) is 67.1 Å². The summed E-state index contributed by atoms with van der Waals surface area (Å²) in [5.74, 6) is -0.727. The molecule has 0 saturated carbocycles. The Balaban J connectivity index is 1.50. The number of benzene rings is 3. The SMILES string of the molecule is O=C1c2cccc3cccc(c23)C(=O)N1Cc1c(CCN2CCCCC2)cccc1N[SH](=O)=O. The summed E-state index contributed by atoms with van der Waals surface area (Å²) >= 11 is 0. The van der Waals surface area contributed by atoms with Crippen molar-refractivity contribution in [1.82, 2.24) is 9.80 Å². The van der Waals surface area contributed by atoms with Crippen LogP contribution in [-0.2, 0) is 23.9 Å². The third-order valence-electron chi connectivity index (χ3n) is 6.80. The second-order valence-electron chi connectivity index (χ2n) is 8.87. The van der Waals surface area contributed by atoms with Crippen molar-refractivity contribution in [1.29, 1.82) is 0 Å². The van der Waals surface area contributed by atoms with Crippen molar-refractivity contribution in [3.05, 3.63) is 76.9 Å². The third kappa shape index (κ3) is 4.31. The van der Waals surface area contributed by atoms with E-state index in [9.17, 15) is 18.0 Å². The first-order valence-corrected chi connectivity index (χ1v) is 12.8. The van der Waals surface area contributed by atoms with Gasteiger partial charge in [-0.25, -0.2) is 8.42 Å². The second-order valence-corrected chi connectivity index (χ2v) is 9.61. The van der Waals surface area contributed by atoms with Gasteiger partial charge in [-0.3, -0.25) is 19.2 Å². The molecule has 0 radical (unpaired) electrons. The zero-order valence-electron chi connectivity index (χ0n) is 18.8. The number of nitrogens with zero attached hydrogens (tertiary/aromatic N) is 2. The smallest absolute Gasteiger partial charge is 0.261 e. The Kier molecular flexibility index (Phi) is 6.34. The molecule has 0 aliphatic carbocycles. The summed E-state index contributed by atoms with van der Waals surface area (Å²) in [7, 11) is -2.89. The molecule has 0 unspecified atom stereocenters. The molecule has 0 bridgehead atoms. The molecule has 0 spiro atoms. The van der Waals surface area contributed by atoms with Crippen LogP contribution in [0.4, 0.5) is 5.69 Å². The molecule has 2 aliphatic heterocycles. The number of anilines is 1. The molecule has 5 rings (SSSR count). The molecule has 2 aliphatic rings. The van der Waals surface area contributed by atoms with Gasteiger partial charge in [0.15, 0.2) is 0 Å². The summed E-state index contributed by atoms with van der Waals surface area (Å²) in [6.45, 7) is 2.97. The number of imide groups is 1. The minimum absolute atomic E-state index is 0.00404. The molecule has 176 valence electrons. The lowest BCUT2D eigenvalue weighted by molar-refractivity contribution is 0.0598. The van der Waals surface area contributed by atoms with Crippen molar-refractivity contribution in [2.75, 3.05) is 24.4 Å². The van der Waals surface area contributed by atoms with E-state index in [-0.39, 0.29) is 18.4 Å². The van der Waals surface area contributed by atoms with Crippen LogP contribution >= 0.6 is 0 Å². The number of nitrogens with one attached hydrogen (secondary N) is 1. The van der Waals surface area contributed by atoms with Crippen LogP contribution < -0.4 is 4.72 Å². The Morgan fingerprint density at radius 1 is 0.824 bits per heavy atom. The fourth-order valence-electron chi connectivity index (χ4n) is 5.10. The van der Waals surface area contributed by atoms with Crippen molar-refractivity contribution in [3.63, 3.8) is 0 Å². The molecule has 1 N–H and O–H groups in total. The van der Waals surface area contributed by atoms with Crippen molar-refractivity contribution >= 4 is 39.2 Å². The monoisotopic (exact) mass is 477 g/mol. The van der Waals surface area contributed by atoms with E-state index in [0.717, 1.165) is 30.6 Å². The van der Waals surface area contributed by atoms with Crippen molar-refractivity contribution in [3.8, 4) is 0 Å². The van der Waals surface area contributed by atoms with Crippen LogP contribution in [-0.4, -0.2) is 49.7 Å². The maximum absolute atomic E-state index is 13.4. The Morgan fingerprint density at radius 2 is 1.47 bits per heavy atom. The average molecular weight is 478 g/mol. The Bertz CT molecular complexity index is 1290. The van der Waals surface area contributed by atoms with Gasteiger partial charge in [0.05, 0.1) is 12.2 Å². The summed E-state index contributed by atoms with van der Waals surface area (Å²) in [6, 6.07) is 16.3. The third-order valence-corrected chi connectivity index (χ3v) is 7.23. The normalized spacial score (nSPS) is 16.4. The number of thiol groups is 1. The lowest BCUT2D eigenvalue weighted by Crippen LogP contribution is -2.40. The van der Waals surface area contributed by atoms with E-state index in [0.29, 0.717) is 34.2 Å². The number of rotatable bonds is 7. The van der Waals surface area contributed by atoms with Gasteiger partial charge in [0.1, 0.15) is 0 Å². The molecule has 3 aromatic carbocycles. The van der Waals surface area contributed by atoms with Crippen molar-refractivity contribution in [2.45, 2.75) is 32.2 Å². The zero-order valence-corrected chi connectivity index (χ0v) is 19.7. The Morgan fingerprint density at radius 3 is 2.12 bits per heavy atom. The first-order valence-electron chi connectivity index (χ1n) is 11.6. The molecule has 0 aromatic heterocycles. The van der Waals surface area contributed by atoms with E-state index in [2.05, 4.69) is 9.62 Å². The van der Waals surface area contributed by atoms with Crippen LogP contribution in [0.3, 0.4) is 0 Å². The van der Waals surface area contributed by atoms with Gasteiger partial charge in [-0.2, -0.15) is 0 Å². The molecular weight excluding hydrogens is 450 g/mol. The van der Waals surface area contributed by atoms with E-state index >= 15 is 0 Å². The number of amides is 2. The summed E-state index contributed by atoms with van der Waals surface area (Å²) in [5.41, 5.74) is 2.98. The molecule has 0 atom stereocenters. The summed E-state index contributed by atoms with van der Waals surface area (Å²) in [6.07, 6.45) is 4.34. The van der Waals surface area contributed by atoms with E-state index in [1.807, 2.05) is 36.4 Å². The maximum atomic E-state index is 13.4. The summed E-state index contributed by atoms with van der Waals surface area (Å²) in [4.78, 5) is 30.5. The fourth-order valence-corrected chi connectivity index (χ4v) is 5.51. The predicted molar refractivity (Wildman–Crippen MR) is 133 cm³/mol. The van der Waals surface area contributed by atoms with E-state index < -0.39 is 10.9 Å². The predicted octanol–water partition coefficient (Wildman–Crippen LogP) is 3.60. The molecule has 1 saturated heterocycles. The number of carbonyl (C=O) groups excluding carboxylic acids is 2. The molecular formula is C26H27N3O4S. The number of carbonyl (C=O) groups is 2. The van der Waals surface area contributed by atoms with Gasteiger partial charge >= 0.3 is 0 Å². The number of hydrogen-bond donors (Lipinski definition) is 2. The van der Waals surface area contributed by atoms with E-state index in [4.69, 9.17) is 0 Å². The Hall–Kier alpha value is -3.23. The van der Waals surface area contributed by atoms with Crippen LogP contribution in [0.5, 0.6) is 0 Å². The molecule has 34 heavy (non-hydrogen) atoms. The van der Waals surface area contributed by atoms with Crippen molar-refractivity contribution in [2.24, 2.45) is 0 Å². The number of likely N-dealkylation sites (tertiary alicyclic amines) is 1. The van der Waals surface area contributed by atoms with Gasteiger partial charge < -0.3 is 4.90 Å². The average Bonchev–Trinajstić information content (AvgIpc) is 2.85. The van der Waals surface area contributed by atoms with Gasteiger partial charge in [0.2, 0.25) is 10.9 Å². The van der Waals surface area contributed by atoms with Crippen LogP contribution in [0, 0.1) is 0 Å². The maximum Gasteiger partial charge on any atom is 0.261 e. The highest BCUT2D eigenvalue weighted by Gasteiger charge is 2.33. The lowest BCUT2D eigenvalue weighted by atomic mass is 9.93. The first kappa shape index (κ1) is 22.6. The molecule has 1 fully saturated rings. The summed E-state index contributed by atoms with van der Waals surface area (Å²) < 4.78 is 25.5. The minimum atomic E-state index is -2.89. The van der Waals surface area contributed by atoms with E-state index in [1.165, 1.54) is 24.2 Å². The van der Waals surface area contributed by atoms with Crippen LogP contribution in [0.1, 0.15) is 51.1 Å². The van der Waals surface area contributed by atoms with Gasteiger partial charge in [-0.15, -0.1) is 0 Å². The topological polar surface area (TPSA) is 86.8 Å². The fraction of sp³-hybridized carbons (Fsp3) is 0.308. The largest absolute Gasteiger partial charge is 0.303 e. The highest BCUT2D eigenvalue weighted by atomic mass is 32.2. The second kappa shape index (κ2) is 9.56. The van der Waals surface area contributed by atoms with Crippen LogP contribution in [0.15, 0.2) is 54.6 Å². The quantitative estimate of drug-likeness (QED) is 0.401. The molecule has 8 heteroatoms. The highest BCUT2D eigenvalue weighted by Crippen LogP contribution is 2.32. The van der Waals surface area contributed by atoms with Crippen LogP contribution in [0.2, 0.25) is 0 Å². The first-order chi connectivity index (χ1) is 16.5. The molecule has 2 heterocycles. The van der Waals surface area contributed by atoms with Gasteiger partial charge in [0.25, 0.3) is 11.8 Å². The lowest BCUT2D eigenvalue weighted by Gasteiger charge is -2.29. The molecule has 3 aromatic rings. The standard InChI is InChI=1S/C26H27N3O4S/c30-25-20-10-4-8-19-9-5-11-21(24(19)20)26(31)29(25)17-22-18(7-6-12-23(22)27-34(32)33)13-16-28-14-2-1-3-15-28/h4-12,34H,1-3,13-17H2,(H,27,32,33). The Labute approximate surface area is 200 Å². The van der Waals surface area contributed by atoms with Crippen LogP contribution in [0.25, 0.3) is 10.8 Å². The van der Waals surface area contributed by atoms with E-state index in [1.54, 1.807) is 18.2 Å². The molecule has 7 nitrogen and oxygen atoms in total. The minimum Gasteiger partial charge on any atom is -0.303 e. The van der Waals surface area contributed by atoms with Gasteiger partial charge in [-0.1, -0.05) is 42.8 Å². The zero-order chi connectivity index (χ0) is 23.7. The number of hydrogen-bond acceptors (Lipinski definition) is 5. The highest BCUT2D eigenvalue weighted by molar-refractivity contribution is 7.73.